The second-order valence-corrected chi connectivity index (χ2v) is 9.23. The molecule has 0 atom stereocenters. The number of nitrogens with one attached hydrogen (secondary N) is 1. The topological polar surface area (TPSA) is 67.8 Å². The van der Waals surface area contributed by atoms with Crippen LogP contribution in [0.4, 0.5) is 0 Å². The molecule has 0 aromatic heterocycles. The minimum absolute atomic E-state index is 0.109. The van der Waals surface area contributed by atoms with E-state index in [9.17, 15) is 9.59 Å². The normalized spacial score (nSPS) is 11.0. The number of rotatable bonds is 14. The van der Waals surface area contributed by atoms with Gasteiger partial charge in [0.15, 0.2) is 0 Å². The van der Waals surface area contributed by atoms with E-state index in [1.807, 2.05) is 19.1 Å². The zero-order chi connectivity index (χ0) is 23.9. The summed E-state index contributed by atoms with van der Waals surface area (Å²) in [6, 6.07) is 12.5. The fraction of sp³-hybridized carbons (Fsp3) is 0.444. The Morgan fingerprint density at radius 1 is 0.970 bits per heavy atom. The molecule has 0 aliphatic rings. The highest BCUT2D eigenvalue weighted by atomic mass is 79.9. The van der Waals surface area contributed by atoms with E-state index in [1.165, 1.54) is 51.2 Å². The summed E-state index contributed by atoms with van der Waals surface area (Å²) in [6.45, 7) is 4.15. The van der Waals surface area contributed by atoms with E-state index in [-0.39, 0.29) is 5.91 Å². The molecule has 0 saturated heterocycles. The number of esters is 1. The minimum atomic E-state index is -0.440. The molecule has 0 spiro atoms. The molecule has 1 amide bonds. The van der Waals surface area contributed by atoms with Crippen molar-refractivity contribution in [2.75, 3.05) is 0 Å². The van der Waals surface area contributed by atoms with Gasteiger partial charge in [0.2, 0.25) is 5.91 Å². The highest BCUT2D eigenvalue weighted by Gasteiger charge is 2.12. The lowest BCUT2D eigenvalue weighted by Crippen LogP contribution is -2.17. The fourth-order valence-corrected chi connectivity index (χ4v) is 3.85. The summed E-state index contributed by atoms with van der Waals surface area (Å²) in [6.07, 6.45) is 12.9. The standard InChI is InChI=1S/C27H35BrN2O3/c1-3-4-5-6-7-8-9-10-11-15-26(31)30-29-20-23-19-24(28)16-17-25(23)33-27(32)22-14-12-13-21(2)18-22/h12-14,16-20H,3-11,15H2,1-2H3,(H,30,31)/b29-20+. The van der Waals surface area contributed by atoms with Crippen LogP contribution in [-0.4, -0.2) is 18.1 Å². The van der Waals surface area contributed by atoms with Gasteiger partial charge in [-0.05, 0) is 43.7 Å². The van der Waals surface area contributed by atoms with Gasteiger partial charge < -0.3 is 4.74 Å². The first-order valence-corrected chi connectivity index (χ1v) is 12.7. The zero-order valence-electron chi connectivity index (χ0n) is 19.7. The minimum Gasteiger partial charge on any atom is -0.422 e. The average molecular weight is 515 g/mol. The Kier molecular flexibility index (Phi) is 12.5. The smallest absolute Gasteiger partial charge is 0.343 e. The van der Waals surface area contributed by atoms with Crippen molar-refractivity contribution in [3.05, 3.63) is 63.6 Å². The third kappa shape index (κ3) is 10.8. The van der Waals surface area contributed by atoms with Crippen molar-refractivity contribution < 1.29 is 14.3 Å². The molecular weight excluding hydrogens is 480 g/mol. The van der Waals surface area contributed by atoms with Crippen LogP contribution in [0, 0.1) is 6.92 Å². The Balaban J connectivity index is 1.78. The molecule has 0 saturated carbocycles. The summed E-state index contributed by atoms with van der Waals surface area (Å²) in [4.78, 5) is 24.6. The average Bonchev–Trinajstić information content (AvgIpc) is 2.79. The summed E-state index contributed by atoms with van der Waals surface area (Å²) in [5, 5.41) is 4.06. The predicted molar refractivity (Wildman–Crippen MR) is 138 cm³/mol. The number of nitrogens with zero attached hydrogens (tertiary/aromatic N) is 1. The van der Waals surface area contributed by atoms with Gasteiger partial charge >= 0.3 is 5.97 Å². The van der Waals surface area contributed by atoms with Crippen LogP contribution in [-0.2, 0) is 4.79 Å². The lowest BCUT2D eigenvalue weighted by molar-refractivity contribution is -0.121. The molecule has 0 fully saturated rings. The molecule has 0 aliphatic carbocycles. The fourth-order valence-electron chi connectivity index (χ4n) is 3.47. The lowest BCUT2D eigenvalue weighted by atomic mass is 10.1. The van der Waals surface area contributed by atoms with Gasteiger partial charge in [0.25, 0.3) is 0 Å². The maximum Gasteiger partial charge on any atom is 0.343 e. The molecule has 1 N–H and O–H groups in total. The third-order valence-corrected chi connectivity index (χ3v) is 5.82. The first-order valence-electron chi connectivity index (χ1n) is 11.9. The molecule has 0 heterocycles. The third-order valence-electron chi connectivity index (χ3n) is 5.33. The van der Waals surface area contributed by atoms with E-state index in [0.29, 0.717) is 23.3 Å². The van der Waals surface area contributed by atoms with Gasteiger partial charge in [-0.2, -0.15) is 5.10 Å². The SMILES string of the molecule is CCCCCCCCCCCC(=O)N/N=C/c1cc(Br)ccc1OC(=O)c1cccc(C)c1. The Labute approximate surface area is 206 Å². The van der Waals surface area contributed by atoms with E-state index in [1.54, 1.807) is 30.3 Å². The van der Waals surface area contributed by atoms with Crippen molar-refractivity contribution in [3.63, 3.8) is 0 Å². The van der Waals surface area contributed by atoms with Gasteiger partial charge in [0, 0.05) is 16.5 Å². The molecule has 5 nitrogen and oxygen atoms in total. The number of ether oxygens (including phenoxy) is 1. The van der Waals surface area contributed by atoms with Gasteiger partial charge in [-0.1, -0.05) is 91.9 Å². The number of aryl methyl sites for hydroxylation is 1. The van der Waals surface area contributed by atoms with Crippen molar-refractivity contribution in [1.29, 1.82) is 0 Å². The van der Waals surface area contributed by atoms with Crippen molar-refractivity contribution in [3.8, 4) is 5.75 Å². The number of hydrogen-bond donors (Lipinski definition) is 1. The predicted octanol–water partition coefficient (Wildman–Crippen LogP) is 7.35. The van der Waals surface area contributed by atoms with Crippen molar-refractivity contribution in [2.24, 2.45) is 5.10 Å². The summed E-state index contributed by atoms with van der Waals surface area (Å²) in [5.41, 5.74) is 4.63. The van der Waals surface area contributed by atoms with Crippen LogP contribution in [0.15, 0.2) is 52.0 Å². The van der Waals surface area contributed by atoms with Crippen LogP contribution in [0.25, 0.3) is 0 Å². The van der Waals surface area contributed by atoms with Gasteiger partial charge in [-0.3, -0.25) is 4.79 Å². The van der Waals surface area contributed by atoms with E-state index in [4.69, 9.17) is 4.74 Å². The van der Waals surface area contributed by atoms with E-state index < -0.39 is 5.97 Å². The quantitative estimate of drug-likeness (QED) is 0.0941. The summed E-state index contributed by atoms with van der Waals surface area (Å²) in [5.74, 6) is -0.172. The molecule has 2 aromatic rings. The van der Waals surface area contributed by atoms with E-state index in [0.717, 1.165) is 22.9 Å². The molecule has 2 rings (SSSR count). The Morgan fingerprint density at radius 3 is 2.36 bits per heavy atom. The zero-order valence-corrected chi connectivity index (χ0v) is 21.3. The number of carbonyl (C=O) groups excluding carboxylic acids is 2. The van der Waals surface area contributed by atoms with Crippen molar-refractivity contribution in [2.45, 2.75) is 78.1 Å². The molecule has 33 heavy (non-hydrogen) atoms. The number of unbranched alkanes of at least 4 members (excludes halogenated alkanes) is 8. The van der Waals surface area contributed by atoms with Crippen LogP contribution < -0.4 is 10.2 Å². The van der Waals surface area contributed by atoms with Crippen molar-refractivity contribution in [1.82, 2.24) is 5.43 Å². The van der Waals surface area contributed by atoms with Gasteiger partial charge in [0.05, 0.1) is 11.8 Å². The van der Waals surface area contributed by atoms with Gasteiger partial charge in [-0.25, -0.2) is 10.2 Å². The number of carbonyl (C=O) groups is 2. The summed E-state index contributed by atoms with van der Waals surface area (Å²) >= 11 is 3.42. The van der Waals surface area contributed by atoms with Crippen LogP contribution in [0.2, 0.25) is 0 Å². The second kappa shape index (κ2) is 15.4. The van der Waals surface area contributed by atoms with Crippen LogP contribution >= 0.6 is 15.9 Å². The molecule has 2 aromatic carbocycles. The molecule has 6 heteroatoms. The van der Waals surface area contributed by atoms with Gasteiger partial charge in [-0.15, -0.1) is 0 Å². The van der Waals surface area contributed by atoms with E-state index >= 15 is 0 Å². The monoisotopic (exact) mass is 514 g/mol. The van der Waals surface area contributed by atoms with Crippen LogP contribution in [0.5, 0.6) is 5.75 Å². The number of benzene rings is 2. The first kappa shape index (κ1) is 26.8. The number of hydrazone groups is 1. The molecule has 0 unspecified atom stereocenters. The summed E-state index contributed by atoms with van der Waals surface area (Å²) in [7, 11) is 0. The summed E-state index contributed by atoms with van der Waals surface area (Å²) < 4.78 is 6.39. The molecule has 0 aliphatic heterocycles. The Bertz CT molecular complexity index is 927. The van der Waals surface area contributed by atoms with Gasteiger partial charge in [0.1, 0.15) is 5.75 Å². The number of halogens is 1. The molecular formula is C27H35BrN2O3. The van der Waals surface area contributed by atoms with Crippen LogP contribution in [0.3, 0.4) is 0 Å². The van der Waals surface area contributed by atoms with Crippen LogP contribution in [0.1, 0.15) is 92.6 Å². The largest absolute Gasteiger partial charge is 0.422 e. The number of amides is 1. The van der Waals surface area contributed by atoms with E-state index in [2.05, 4.69) is 33.4 Å². The maximum absolute atomic E-state index is 12.5. The number of hydrogen-bond acceptors (Lipinski definition) is 4. The molecule has 0 bridgehead atoms. The first-order chi connectivity index (χ1) is 16.0. The maximum atomic E-state index is 12.5. The molecule has 178 valence electrons. The lowest BCUT2D eigenvalue weighted by Gasteiger charge is -2.08. The Hall–Kier alpha value is -2.47. The second-order valence-electron chi connectivity index (χ2n) is 8.31. The highest BCUT2D eigenvalue weighted by molar-refractivity contribution is 9.10. The Morgan fingerprint density at radius 2 is 1.67 bits per heavy atom. The van der Waals surface area contributed by atoms with Crippen molar-refractivity contribution >= 4 is 34.0 Å². The highest BCUT2D eigenvalue weighted by Crippen LogP contribution is 2.23. The molecule has 0 radical (unpaired) electrons.